The van der Waals surface area contributed by atoms with E-state index in [9.17, 15) is 19.7 Å². The van der Waals surface area contributed by atoms with Gasteiger partial charge in [-0.25, -0.2) is 4.79 Å². The van der Waals surface area contributed by atoms with E-state index in [4.69, 9.17) is 11.6 Å². The van der Waals surface area contributed by atoms with E-state index in [1.807, 2.05) is 0 Å². The minimum Gasteiger partial charge on any atom is -0.465 e. The van der Waals surface area contributed by atoms with E-state index >= 15 is 0 Å². The minimum absolute atomic E-state index is 0.171. The Morgan fingerprint density at radius 3 is 2.54 bits per heavy atom. The third-order valence-corrected chi connectivity index (χ3v) is 3.54. The fraction of sp³-hybridized carbons (Fsp3) is 0.125. The van der Waals surface area contributed by atoms with Crippen LogP contribution in [0.15, 0.2) is 36.4 Å². The van der Waals surface area contributed by atoms with Crippen LogP contribution in [0.3, 0.4) is 0 Å². The average molecular weight is 349 g/mol. The predicted octanol–water partition coefficient (Wildman–Crippen LogP) is 3.60. The molecule has 0 spiro atoms. The molecule has 0 radical (unpaired) electrons. The summed E-state index contributed by atoms with van der Waals surface area (Å²) in [5.74, 6) is -1.26. The zero-order valence-corrected chi connectivity index (χ0v) is 13.6. The van der Waals surface area contributed by atoms with Crippen molar-refractivity contribution in [1.82, 2.24) is 0 Å². The Bertz CT molecular complexity index is 835. The number of ether oxygens (including phenoxy) is 1. The van der Waals surface area contributed by atoms with Crippen molar-refractivity contribution in [3.63, 3.8) is 0 Å². The first-order valence-corrected chi connectivity index (χ1v) is 7.15. The molecular weight excluding hydrogens is 336 g/mol. The molecule has 0 aromatic heterocycles. The van der Waals surface area contributed by atoms with Crippen LogP contribution in [0.4, 0.5) is 11.4 Å². The summed E-state index contributed by atoms with van der Waals surface area (Å²) < 4.78 is 4.63. The number of hydrogen-bond donors (Lipinski definition) is 1. The molecule has 0 aliphatic rings. The molecule has 24 heavy (non-hydrogen) atoms. The van der Waals surface area contributed by atoms with Crippen molar-refractivity contribution in [2.45, 2.75) is 6.92 Å². The number of rotatable bonds is 4. The molecule has 124 valence electrons. The van der Waals surface area contributed by atoms with Gasteiger partial charge in [0, 0.05) is 16.8 Å². The summed E-state index contributed by atoms with van der Waals surface area (Å²) >= 11 is 5.82. The molecule has 0 aliphatic heterocycles. The van der Waals surface area contributed by atoms with Crippen LogP contribution in [0.1, 0.15) is 26.3 Å². The van der Waals surface area contributed by atoms with Gasteiger partial charge in [0.2, 0.25) is 0 Å². The molecule has 2 aromatic rings. The molecule has 1 amide bonds. The number of carbonyl (C=O) groups excluding carboxylic acids is 2. The van der Waals surface area contributed by atoms with Crippen molar-refractivity contribution >= 4 is 34.9 Å². The monoisotopic (exact) mass is 348 g/mol. The van der Waals surface area contributed by atoms with Gasteiger partial charge in [-0.1, -0.05) is 17.7 Å². The number of anilines is 1. The van der Waals surface area contributed by atoms with E-state index < -0.39 is 16.8 Å². The average Bonchev–Trinajstić information content (AvgIpc) is 2.55. The Kier molecular flexibility index (Phi) is 5.15. The number of amides is 1. The number of carbonyl (C=O) groups is 2. The third kappa shape index (κ3) is 3.69. The molecule has 0 fully saturated rings. The van der Waals surface area contributed by atoms with Gasteiger partial charge in [0.1, 0.15) is 5.56 Å². The summed E-state index contributed by atoms with van der Waals surface area (Å²) in [7, 11) is 1.25. The highest BCUT2D eigenvalue weighted by molar-refractivity contribution is 6.31. The summed E-state index contributed by atoms with van der Waals surface area (Å²) in [6.45, 7) is 1.73. The molecule has 7 nitrogen and oxygen atoms in total. The van der Waals surface area contributed by atoms with Crippen molar-refractivity contribution in [1.29, 1.82) is 0 Å². The summed E-state index contributed by atoms with van der Waals surface area (Å²) in [5, 5.41) is 13.8. The quantitative estimate of drug-likeness (QED) is 0.517. The first-order valence-electron chi connectivity index (χ1n) is 6.77. The fourth-order valence-electron chi connectivity index (χ4n) is 2.04. The molecule has 0 bridgehead atoms. The zero-order chi connectivity index (χ0) is 17.9. The standard InChI is InChI=1S/C16H13ClN2O5/c1-9-3-4-10(16(21)24-2)7-13(9)18-15(20)12-8-11(17)5-6-14(12)19(22)23/h3-8H,1-2H3,(H,18,20). The van der Waals surface area contributed by atoms with Gasteiger partial charge in [0.05, 0.1) is 17.6 Å². The molecule has 0 atom stereocenters. The summed E-state index contributed by atoms with van der Waals surface area (Å²) in [6.07, 6.45) is 0. The second-order valence-corrected chi connectivity index (χ2v) is 5.33. The number of nitrogens with zero attached hydrogens (tertiary/aromatic N) is 1. The first-order chi connectivity index (χ1) is 11.3. The van der Waals surface area contributed by atoms with Gasteiger partial charge in [0.25, 0.3) is 11.6 Å². The smallest absolute Gasteiger partial charge is 0.337 e. The fourth-order valence-corrected chi connectivity index (χ4v) is 2.21. The molecule has 0 heterocycles. The maximum atomic E-state index is 12.4. The summed E-state index contributed by atoms with van der Waals surface area (Å²) in [6, 6.07) is 8.34. The number of aryl methyl sites for hydroxylation is 1. The van der Waals surface area contributed by atoms with Gasteiger partial charge in [-0.3, -0.25) is 14.9 Å². The number of benzene rings is 2. The van der Waals surface area contributed by atoms with Crippen molar-refractivity contribution < 1.29 is 19.2 Å². The van der Waals surface area contributed by atoms with Crippen LogP contribution in [0.2, 0.25) is 5.02 Å². The Hall–Kier alpha value is -2.93. The van der Waals surface area contributed by atoms with Gasteiger partial charge in [0.15, 0.2) is 0 Å². The minimum atomic E-state index is -0.700. The van der Waals surface area contributed by atoms with Gasteiger partial charge in [-0.15, -0.1) is 0 Å². The van der Waals surface area contributed by atoms with Crippen molar-refractivity contribution in [2.24, 2.45) is 0 Å². The number of methoxy groups -OCH3 is 1. The number of halogens is 1. The Morgan fingerprint density at radius 2 is 1.92 bits per heavy atom. The molecule has 0 saturated heterocycles. The molecule has 2 rings (SSSR count). The van der Waals surface area contributed by atoms with E-state index in [-0.39, 0.29) is 21.8 Å². The highest BCUT2D eigenvalue weighted by Crippen LogP contribution is 2.25. The van der Waals surface area contributed by atoms with Crippen molar-refractivity contribution in [3.05, 3.63) is 68.2 Å². The molecule has 8 heteroatoms. The number of esters is 1. The van der Waals surface area contributed by atoms with Gasteiger partial charge < -0.3 is 10.1 Å². The number of nitro benzene ring substituents is 1. The highest BCUT2D eigenvalue weighted by atomic mass is 35.5. The number of hydrogen-bond acceptors (Lipinski definition) is 5. The molecule has 2 aromatic carbocycles. The third-order valence-electron chi connectivity index (χ3n) is 3.31. The van der Waals surface area contributed by atoms with Crippen LogP contribution in [-0.2, 0) is 4.74 Å². The van der Waals surface area contributed by atoms with Crippen molar-refractivity contribution in [2.75, 3.05) is 12.4 Å². The lowest BCUT2D eigenvalue weighted by molar-refractivity contribution is -0.385. The first kappa shape index (κ1) is 17.4. The van der Waals surface area contributed by atoms with E-state index in [2.05, 4.69) is 10.1 Å². The summed E-state index contributed by atoms with van der Waals surface area (Å²) in [4.78, 5) is 34.4. The highest BCUT2D eigenvalue weighted by Gasteiger charge is 2.21. The molecule has 0 saturated carbocycles. The van der Waals surface area contributed by atoms with Gasteiger partial charge in [-0.2, -0.15) is 0 Å². The second kappa shape index (κ2) is 7.10. The zero-order valence-electron chi connectivity index (χ0n) is 12.8. The topological polar surface area (TPSA) is 98.5 Å². The SMILES string of the molecule is COC(=O)c1ccc(C)c(NC(=O)c2cc(Cl)ccc2[N+](=O)[O-])c1. The lowest BCUT2D eigenvalue weighted by Crippen LogP contribution is -2.15. The Balaban J connectivity index is 2.39. The lowest BCUT2D eigenvalue weighted by atomic mass is 10.1. The Morgan fingerprint density at radius 1 is 1.21 bits per heavy atom. The van der Waals surface area contributed by atoms with Gasteiger partial charge >= 0.3 is 5.97 Å². The van der Waals surface area contributed by atoms with Crippen LogP contribution >= 0.6 is 11.6 Å². The number of nitro groups is 1. The molecule has 0 unspecified atom stereocenters. The normalized spacial score (nSPS) is 10.1. The van der Waals surface area contributed by atoms with Crippen LogP contribution in [-0.4, -0.2) is 23.9 Å². The Labute approximate surface area is 142 Å². The maximum Gasteiger partial charge on any atom is 0.337 e. The van der Waals surface area contributed by atoms with E-state index in [1.54, 1.807) is 19.1 Å². The maximum absolute atomic E-state index is 12.4. The lowest BCUT2D eigenvalue weighted by Gasteiger charge is -2.10. The molecule has 0 aliphatic carbocycles. The van der Waals surface area contributed by atoms with Crippen LogP contribution < -0.4 is 5.32 Å². The molecule has 1 N–H and O–H groups in total. The van der Waals surface area contributed by atoms with E-state index in [1.165, 1.54) is 25.3 Å². The number of nitrogens with one attached hydrogen (secondary N) is 1. The molecular formula is C16H13ClN2O5. The van der Waals surface area contributed by atoms with E-state index in [0.717, 1.165) is 6.07 Å². The van der Waals surface area contributed by atoms with Crippen molar-refractivity contribution in [3.8, 4) is 0 Å². The van der Waals surface area contributed by atoms with Crippen LogP contribution in [0, 0.1) is 17.0 Å². The summed E-state index contributed by atoms with van der Waals surface area (Å²) in [5.41, 5.74) is 0.742. The largest absolute Gasteiger partial charge is 0.465 e. The predicted molar refractivity (Wildman–Crippen MR) is 88.6 cm³/mol. The second-order valence-electron chi connectivity index (χ2n) is 4.89. The van der Waals surface area contributed by atoms with Crippen LogP contribution in [0.25, 0.3) is 0 Å². The van der Waals surface area contributed by atoms with Crippen LogP contribution in [0.5, 0.6) is 0 Å². The van der Waals surface area contributed by atoms with Gasteiger partial charge in [-0.05, 0) is 36.8 Å². The van der Waals surface area contributed by atoms with E-state index in [0.29, 0.717) is 11.3 Å².